The van der Waals surface area contributed by atoms with Crippen LogP contribution in [0.5, 0.6) is 11.5 Å². The second kappa shape index (κ2) is 6.54. The summed E-state index contributed by atoms with van der Waals surface area (Å²) >= 11 is 1.80. The molecule has 2 N–H and O–H groups in total. The molecule has 1 aliphatic heterocycles. The fourth-order valence-electron chi connectivity index (χ4n) is 2.80. The number of benzene rings is 2. The number of hydrogen-bond donors (Lipinski definition) is 2. The molecule has 1 aliphatic rings. The Morgan fingerprint density at radius 1 is 1.13 bits per heavy atom. The Labute approximate surface area is 139 Å². The fourth-order valence-corrected chi connectivity index (χ4v) is 3.45. The van der Waals surface area contributed by atoms with Gasteiger partial charge in [0.1, 0.15) is 0 Å². The van der Waals surface area contributed by atoms with Gasteiger partial charge in [-0.2, -0.15) is 11.8 Å². The van der Waals surface area contributed by atoms with E-state index in [1.165, 1.54) is 6.07 Å². The van der Waals surface area contributed by atoms with E-state index in [0.29, 0.717) is 5.56 Å². The number of carbonyl (C=O) groups excluding carboxylic acids is 1. The van der Waals surface area contributed by atoms with Gasteiger partial charge in [0.15, 0.2) is 17.6 Å². The minimum absolute atomic E-state index is 0.150. The summed E-state index contributed by atoms with van der Waals surface area (Å²) in [6.07, 6.45) is 0.199. The van der Waals surface area contributed by atoms with Gasteiger partial charge in [-0.1, -0.05) is 25.1 Å². The Balaban J connectivity index is 2.02. The number of cyclic esters (lactones) is 1. The van der Waals surface area contributed by atoms with Crippen molar-refractivity contribution in [3.8, 4) is 11.5 Å². The maximum absolute atomic E-state index is 12.0. The summed E-state index contributed by atoms with van der Waals surface area (Å²) in [5, 5.41) is 19.7. The molecule has 0 spiro atoms. The molecule has 0 saturated heterocycles. The molecular weight excluding hydrogens is 312 g/mol. The van der Waals surface area contributed by atoms with Crippen LogP contribution in [-0.2, 0) is 11.2 Å². The quantitative estimate of drug-likeness (QED) is 0.497. The Kier molecular flexibility index (Phi) is 4.48. The van der Waals surface area contributed by atoms with E-state index >= 15 is 0 Å². The van der Waals surface area contributed by atoms with E-state index in [9.17, 15) is 15.0 Å². The summed E-state index contributed by atoms with van der Waals surface area (Å²) in [5.41, 5.74) is 2.97. The first kappa shape index (κ1) is 15.7. The maximum atomic E-state index is 12.0. The molecule has 0 fully saturated rings. The largest absolute Gasteiger partial charge is 0.504 e. The molecule has 0 radical (unpaired) electrons. The van der Waals surface area contributed by atoms with Crippen molar-refractivity contribution in [3.63, 3.8) is 0 Å². The number of esters is 1. The molecule has 1 heterocycles. The van der Waals surface area contributed by atoms with Gasteiger partial charge in [0.25, 0.3) is 0 Å². The molecule has 23 heavy (non-hydrogen) atoms. The van der Waals surface area contributed by atoms with Crippen molar-refractivity contribution in [3.05, 3.63) is 58.7 Å². The first-order valence-electron chi connectivity index (χ1n) is 7.54. The van der Waals surface area contributed by atoms with Crippen LogP contribution < -0.4 is 0 Å². The predicted molar refractivity (Wildman–Crippen MR) is 90.2 cm³/mol. The average Bonchev–Trinajstić information content (AvgIpc) is 2.88. The van der Waals surface area contributed by atoms with Crippen LogP contribution in [0.15, 0.2) is 36.4 Å². The Bertz CT molecular complexity index is 742. The molecule has 4 nitrogen and oxygen atoms in total. The first-order valence-corrected chi connectivity index (χ1v) is 8.69. The molecule has 0 bridgehead atoms. The lowest BCUT2D eigenvalue weighted by atomic mass is 9.94. The van der Waals surface area contributed by atoms with E-state index in [4.69, 9.17) is 4.74 Å². The lowest BCUT2D eigenvalue weighted by Gasteiger charge is -2.17. The molecule has 1 atom stereocenters. The third-order valence-electron chi connectivity index (χ3n) is 3.93. The van der Waals surface area contributed by atoms with Gasteiger partial charge >= 0.3 is 5.97 Å². The van der Waals surface area contributed by atoms with Crippen LogP contribution in [-0.4, -0.2) is 27.7 Å². The van der Waals surface area contributed by atoms with Gasteiger partial charge < -0.3 is 14.9 Å². The first-order chi connectivity index (χ1) is 11.1. The van der Waals surface area contributed by atoms with Crippen molar-refractivity contribution in [2.75, 3.05) is 11.5 Å². The summed E-state index contributed by atoms with van der Waals surface area (Å²) in [5.74, 6) is 1.21. The monoisotopic (exact) mass is 330 g/mol. The van der Waals surface area contributed by atoms with Crippen LogP contribution >= 0.6 is 11.8 Å². The number of ether oxygens (including phenoxy) is 1. The van der Waals surface area contributed by atoms with E-state index in [-0.39, 0.29) is 17.5 Å². The van der Waals surface area contributed by atoms with Gasteiger partial charge in [-0.05, 0) is 41.7 Å². The van der Waals surface area contributed by atoms with E-state index < -0.39 is 6.10 Å². The number of phenols is 2. The van der Waals surface area contributed by atoms with E-state index in [2.05, 4.69) is 6.92 Å². The molecule has 0 aromatic heterocycles. The molecule has 1 unspecified atom stereocenters. The van der Waals surface area contributed by atoms with Crippen molar-refractivity contribution < 1.29 is 19.7 Å². The lowest BCUT2D eigenvalue weighted by Crippen LogP contribution is -2.06. The highest BCUT2D eigenvalue weighted by Crippen LogP contribution is 2.41. The zero-order valence-electron chi connectivity index (χ0n) is 12.8. The molecular formula is C18H18O4S. The number of thioether (sulfide) groups is 1. The van der Waals surface area contributed by atoms with Gasteiger partial charge in [-0.3, -0.25) is 0 Å². The molecule has 0 saturated carbocycles. The minimum Gasteiger partial charge on any atom is -0.504 e. The van der Waals surface area contributed by atoms with Gasteiger partial charge in [-0.15, -0.1) is 0 Å². The zero-order chi connectivity index (χ0) is 16.4. The number of phenolic OH excluding ortho intramolecular Hbond substituents is 2. The Morgan fingerprint density at radius 3 is 2.65 bits per heavy atom. The van der Waals surface area contributed by atoms with Gasteiger partial charge in [0.05, 0.1) is 5.56 Å². The van der Waals surface area contributed by atoms with Crippen LogP contribution in [0.3, 0.4) is 0 Å². The highest BCUT2D eigenvalue weighted by Gasteiger charge is 2.33. The minimum atomic E-state index is -0.535. The van der Waals surface area contributed by atoms with Gasteiger partial charge in [0, 0.05) is 11.1 Å². The number of rotatable bonds is 5. The number of hydrogen-bond acceptors (Lipinski definition) is 5. The van der Waals surface area contributed by atoms with Crippen LogP contribution in [0.2, 0.25) is 0 Å². The molecule has 120 valence electrons. The highest BCUT2D eigenvalue weighted by atomic mass is 32.2. The Morgan fingerprint density at radius 2 is 1.87 bits per heavy atom. The van der Waals surface area contributed by atoms with E-state index in [0.717, 1.165) is 34.6 Å². The van der Waals surface area contributed by atoms with Crippen molar-refractivity contribution in [1.29, 1.82) is 0 Å². The molecule has 2 aromatic rings. The Hall–Kier alpha value is -2.14. The van der Waals surface area contributed by atoms with Crippen LogP contribution in [0.4, 0.5) is 0 Å². The second-order valence-corrected chi connectivity index (χ2v) is 6.75. The summed E-state index contributed by atoms with van der Waals surface area (Å²) in [4.78, 5) is 12.0. The fraction of sp³-hybridized carbons (Fsp3) is 0.278. The smallest absolute Gasteiger partial charge is 0.339 e. The molecule has 5 heteroatoms. The molecule has 2 aromatic carbocycles. The van der Waals surface area contributed by atoms with Crippen LogP contribution in [0.1, 0.15) is 40.1 Å². The standard InChI is InChI=1S/C18H18O4S/c1-2-23-8-7-11-9-15(19)16(20)10-14(11)17-12-5-3-4-6-13(12)18(21)22-17/h3-6,9-10,17,19-20H,2,7-8H2,1H3. The number of fused-ring (bicyclic) bond motifs is 1. The van der Waals surface area contributed by atoms with Crippen molar-refractivity contribution in [2.24, 2.45) is 0 Å². The van der Waals surface area contributed by atoms with Crippen LogP contribution in [0, 0.1) is 0 Å². The van der Waals surface area contributed by atoms with E-state index in [1.54, 1.807) is 30.0 Å². The van der Waals surface area contributed by atoms with Gasteiger partial charge in [-0.25, -0.2) is 4.79 Å². The normalized spacial score (nSPS) is 16.2. The second-order valence-electron chi connectivity index (χ2n) is 5.36. The SMILES string of the molecule is CCSCCc1cc(O)c(O)cc1C1OC(=O)c2ccccc21. The van der Waals surface area contributed by atoms with Gasteiger partial charge in [0.2, 0.25) is 0 Å². The predicted octanol–water partition coefficient (Wildman–Crippen LogP) is 3.65. The maximum Gasteiger partial charge on any atom is 0.339 e. The van der Waals surface area contributed by atoms with E-state index in [1.807, 2.05) is 12.1 Å². The van der Waals surface area contributed by atoms with Crippen LogP contribution in [0.25, 0.3) is 0 Å². The lowest BCUT2D eigenvalue weighted by molar-refractivity contribution is 0.0454. The average molecular weight is 330 g/mol. The number of aryl methyl sites for hydroxylation is 1. The third-order valence-corrected chi connectivity index (χ3v) is 4.83. The highest BCUT2D eigenvalue weighted by molar-refractivity contribution is 7.99. The molecule has 0 amide bonds. The summed E-state index contributed by atoms with van der Waals surface area (Å²) in [7, 11) is 0. The van der Waals surface area contributed by atoms with Crippen molar-refractivity contribution in [1.82, 2.24) is 0 Å². The summed E-state index contributed by atoms with van der Waals surface area (Å²) in [6.45, 7) is 2.09. The number of carbonyl (C=O) groups is 1. The molecule has 0 aliphatic carbocycles. The topological polar surface area (TPSA) is 66.8 Å². The van der Waals surface area contributed by atoms with Crippen molar-refractivity contribution in [2.45, 2.75) is 19.4 Å². The third kappa shape index (κ3) is 3.01. The summed E-state index contributed by atoms with van der Waals surface area (Å²) < 4.78 is 5.52. The zero-order valence-corrected chi connectivity index (χ0v) is 13.6. The molecule has 3 rings (SSSR count). The number of aromatic hydroxyl groups is 2. The summed E-state index contributed by atoms with van der Waals surface area (Å²) in [6, 6.07) is 10.3. The van der Waals surface area contributed by atoms with Crippen molar-refractivity contribution >= 4 is 17.7 Å².